The van der Waals surface area contributed by atoms with Crippen LogP contribution in [0.2, 0.25) is 0 Å². The number of fused-ring (bicyclic) bond motifs is 1. The van der Waals surface area contributed by atoms with E-state index in [1.165, 1.54) is 0 Å². The molecular weight excluding hydrogens is 218 g/mol. The van der Waals surface area contributed by atoms with Crippen molar-refractivity contribution < 1.29 is 4.79 Å². The number of H-pyrrole nitrogens is 2. The number of aromatic nitrogens is 4. The molecule has 4 N–H and O–H groups in total. The highest BCUT2D eigenvalue weighted by Gasteiger charge is 2.16. The van der Waals surface area contributed by atoms with Gasteiger partial charge >= 0.3 is 0 Å². The predicted octanol–water partition coefficient (Wildman–Crippen LogP) is 1.05. The highest BCUT2D eigenvalue weighted by atomic mass is 16.1. The van der Waals surface area contributed by atoms with Gasteiger partial charge in [0.05, 0.1) is 0 Å². The Morgan fingerprint density at radius 1 is 1.24 bits per heavy atom. The molecular formula is C11H9N5O. The molecule has 84 valence electrons. The molecule has 0 radical (unpaired) electrons. The third-order valence-electron chi connectivity index (χ3n) is 2.63. The summed E-state index contributed by atoms with van der Waals surface area (Å²) in [6.45, 7) is 0. The lowest BCUT2D eigenvalue weighted by molar-refractivity contribution is 0.0996. The van der Waals surface area contributed by atoms with Crippen molar-refractivity contribution in [1.82, 2.24) is 20.4 Å². The van der Waals surface area contributed by atoms with E-state index in [0.717, 1.165) is 16.5 Å². The second kappa shape index (κ2) is 3.44. The Labute approximate surface area is 95.8 Å². The van der Waals surface area contributed by atoms with Crippen LogP contribution in [-0.4, -0.2) is 26.3 Å². The Kier molecular flexibility index (Phi) is 1.94. The van der Waals surface area contributed by atoms with Crippen molar-refractivity contribution in [2.45, 2.75) is 0 Å². The Hall–Kier alpha value is -2.63. The van der Waals surface area contributed by atoms with Crippen LogP contribution in [0, 0.1) is 0 Å². The van der Waals surface area contributed by atoms with Crippen LogP contribution in [0.5, 0.6) is 0 Å². The molecule has 3 aromatic rings. The van der Waals surface area contributed by atoms with Gasteiger partial charge in [-0.05, 0) is 12.1 Å². The molecule has 17 heavy (non-hydrogen) atoms. The molecule has 0 aliphatic rings. The van der Waals surface area contributed by atoms with Crippen molar-refractivity contribution >= 4 is 16.8 Å². The number of benzene rings is 1. The first kappa shape index (κ1) is 9.59. The Morgan fingerprint density at radius 3 is 2.94 bits per heavy atom. The van der Waals surface area contributed by atoms with E-state index in [4.69, 9.17) is 5.73 Å². The van der Waals surface area contributed by atoms with E-state index >= 15 is 0 Å². The zero-order valence-electron chi connectivity index (χ0n) is 8.77. The van der Waals surface area contributed by atoms with Crippen LogP contribution < -0.4 is 5.73 Å². The number of amides is 1. The number of aromatic amines is 2. The van der Waals surface area contributed by atoms with Gasteiger partial charge in [-0.25, -0.2) is 0 Å². The number of nitrogens with zero attached hydrogens (tertiary/aromatic N) is 2. The van der Waals surface area contributed by atoms with Gasteiger partial charge in [-0.3, -0.25) is 4.79 Å². The topological polar surface area (TPSA) is 100 Å². The van der Waals surface area contributed by atoms with Crippen molar-refractivity contribution in [2.24, 2.45) is 5.73 Å². The minimum atomic E-state index is -0.596. The largest absolute Gasteiger partial charge is 0.364 e. The van der Waals surface area contributed by atoms with E-state index in [0.29, 0.717) is 5.69 Å². The maximum absolute atomic E-state index is 11.2. The molecule has 2 aromatic heterocycles. The van der Waals surface area contributed by atoms with E-state index in [1.807, 2.05) is 30.5 Å². The summed E-state index contributed by atoms with van der Waals surface area (Å²) < 4.78 is 0. The molecule has 0 aliphatic heterocycles. The molecule has 0 atom stereocenters. The summed E-state index contributed by atoms with van der Waals surface area (Å²) in [4.78, 5) is 14.3. The van der Waals surface area contributed by atoms with E-state index in [1.54, 1.807) is 0 Å². The number of rotatable bonds is 2. The predicted molar refractivity (Wildman–Crippen MR) is 62.2 cm³/mol. The monoisotopic (exact) mass is 227 g/mol. The first-order chi connectivity index (χ1) is 8.27. The van der Waals surface area contributed by atoms with E-state index in [-0.39, 0.29) is 5.69 Å². The van der Waals surface area contributed by atoms with Crippen molar-refractivity contribution in [3.8, 4) is 11.3 Å². The fourth-order valence-electron chi connectivity index (χ4n) is 1.88. The lowest BCUT2D eigenvalue weighted by Gasteiger charge is -2.00. The van der Waals surface area contributed by atoms with Gasteiger partial charge in [0.1, 0.15) is 5.69 Å². The van der Waals surface area contributed by atoms with Gasteiger partial charge in [0, 0.05) is 22.7 Å². The SMILES string of the molecule is NC(=O)c1n[nH]nc1-c1cccc2[nH]ccc12. The Bertz CT molecular complexity index is 697. The standard InChI is InChI=1S/C11H9N5O/c12-11(17)10-9(14-16-15-10)7-2-1-3-8-6(7)4-5-13-8/h1-5,13H,(H2,12,17)(H,14,15,16). The number of hydrogen-bond donors (Lipinski definition) is 3. The average molecular weight is 227 g/mol. The molecule has 6 nitrogen and oxygen atoms in total. The minimum absolute atomic E-state index is 0.152. The summed E-state index contributed by atoms with van der Waals surface area (Å²) >= 11 is 0. The summed E-state index contributed by atoms with van der Waals surface area (Å²) in [6, 6.07) is 7.63. The maximum atomic E-state index is 11.2. The Morgan fingerprint density at radius 2 is 2.12 bits per heavy atom. The number of primary amides is 1. The van der Waals surface area contributed by atoms with Crippen molar-refractivity contribution in [2.75, 3.05) is 0 Å². The quantitative estimate of drug-likeness (QED) is 0.610. The molecule has 0 aliphatic carbocycles. The third-order valence-corrected chi connectivity index (χ3v) is 2.63. The molecule has 0 saturated carbocycles. The average Bonchev–Trinajstić information content (AvgIpc) is 2.97. The second-order valence-corrected chi connectivity index (χ2v) is 3.63. The van der Waals surface area contributed by atoms with Gasteiger partial charge in [-0.1, -0.05) is 12.1 Å². The molecule has 1 aromatic carbocycles. The smallest absolute Gasteiger partial charge is 0.271 e. The third kappa shape index (κ3) is 1.38. The van der Waals surface area contributed by atoms with Gasteiger partial charge in [-0.2, -0.15) is 15.4 Å². The molecule has 0 spiro atoms. The maximum Gasteiger partial charge on any atom is 0.271 e. The van der Waals surface area contributed by atoms with Crippen LogP contribution in [0.15, 0.2) is 30.5 Å². The molecule has 6 heteroatoms. The lowest BCUT2D eigenvalue weighted by atomic mass is 10.1. The van der Waals surface area contributed by atoms with Crippen LogP contribution in [0.3, 0.4) is 0 Å². The van der Waals surface area contributed by atoms with Crippen molar-refractivity contribution in [1.29, 1.82) is 0 Å². The van der Waals surface area contributed by atoms with E-state index < -0.39 is 5.91 Å². The van der Waals surface area contributed by atoms with Crippen LogP contribution in [0.4, 0.5) is 0 Å². The summed E-state index contributed by atoms with van der Waals surface area (Å²) in [5.74, 6) is -0.596. The second-order valence-electron chi connectivity index (χ2n) is 3.63. The molecule has 1 amide bonds. The summed E-state index contributed by atoms with van der Waals surface area (Å²) in [7, 11) is 0. The van der Waals surface area contributed by atoms with Gasteiger partial charge in [0.2, 0.25) is 0 Å². The summed E-state index contributed by atoms with van der Waals surface area (Å²) in [5, 5.41) is 11.1. The van der Waals surface area contributed by atoms with E-state index in [9.17, 15) is 4.79 Å². The first-order valence-corrected chi connectivity index (χ1v) is 5.04. The van der Waals surface area contributed by atoms with Gasteiger partial charge in [-0.15, -0.1) is 0 Å². The summed E-state index contributed by atoms with van der Waals surface area (Å²) in [5.41, 5.74) is 7.67. The van der Waals surface area contributed by atoms with Crippen LogP contribution >= 0.6 is 0 Å². The lowest BCUT2D eigenvalue weighted by Crippen LogP contribution is -2.12. The normalized spacial score (nSPS) is 10.8. The van der Waals surface area contributed by atoms with Gasteiger partial charge < -0.3 is 10.7 Å². The van der Waals surface area contributed by atoms with Gasteiger partial charge in [0.15, 0.2) is 5.69 Å². The molecule has 0 unspecified atom stereocenters. The fraction of sp³-hybridized carbons (Fsp3) is 0. The number of hydrogen-bond acceptors (Lipinski definition) is 3. The molecule has 0 fully saturated rings. The molecule has 0 bridgehead atoms. The van der Waals surface area contributed by atoms with Crippen molar-refractivity contribution in [3.05, 3.63) is 36.2 Å². The number of carbonyl (C=O) groups is 1. The highest BCUT2D eigenvalue weighted by Crippen LogP contribution is 2.27. The zero-order chi connectivity index (χ0) is 11.8. The number of nitrogens with one attached hydrogen (secondary N) is 2. The highest BCUT2D eigenvalue weighted by molar-refractivity contribution is 6.02. The molecule has 0 saturated heterocycles. The van der Waals surface area contributed by atoms with Crippen molar-refractivity contribution in [3.63, 3.8) is 0 Å². The van der Waals surface area contributed by atoms with E-state index in [2.05, 4.69) is 20.4 Å². The minimum Gasteiger partial charge on any atom is -0.364 e. The number of nitrogens with two attached hydrogens (primary N) is 1. The molecule has 3 rings (SSSR count). The molecule has 2 heterocycles. The van der Waals surface area contributed by atoms with Crippen LogP contribution in [0.25, 0.3) is 22.2 Å². The Balaban J connectivity index is 2.30. The van der Waals surface area contributed by atoms with Gasteiger partial charge in [0.25, 0.3) is 5.91 Å². The van der Waals surface area contributed by atoms with Crippen LogP contribution in [0.1, 0.15) is 10.5 Å². The number of carbonyl (C=O) groups excluding carboxylic acids is 1. The summed E-state index contributed by atoms with van der Waals surface area (Å²) in [6.07, 6.45) is 1.83. The van der Waals surface area contributed by atoms with Crippen LogP contribution in [-0.2, 0) is 0 Å². The fourth-order valence-corrected chi connectivity index (χ4v) is 1.88. The first-order valence-electron chi connectivity index (χ1n) is 5.04. The zero-order valence-corrected chi connectivity index (χ0v) is 8.77.